The number of hydrogen-bond acceptors (Lipinski definition) is 3. The molecule has 1 rings (SSSR count). The van der Waals surface area contributed by atoms with E-state index in [1.807, 2.05) is 6.92 Å². The van der Waals surface area contributed by atoms with E-state index in [9.17, 15) is 9.59 Å². The molecule has 3 N–H and O–H groups in total. The van der Waals surface area contributed by atoms with Crippen molar-refractivity contribution in [1.82, 2.24) is 10.2 Å². The summed E-state index contributed by atoms with van der Waals surface area (Å²) >= 11 is 0. The maximum atomic E-state index is 12.3. The van der Waals surface area contributed by atoms with Crippen LogP contribution in [0.3, 0.4) is 0 Å². The number of rotatable bonds is 4. The van der Waals surface area contributed by atoms with Gasteiger partial charge in [-0.05, 0) is 30.7 Å². The minimum Gasteiger partial charge on any atom is -0.399 e. The van der Waals surface area contributed by atoms with Crippen LogP contribution < -0.4 is 11.1 Å². The molecule has 2 amide bonds. The molecule has 1 aromatic carbocycles. The summed E-state index contributed by atoms with van der Waals surface area (Å²) in [6, 6.07) is 5.19. The van der Waals surface area contributed by atoms with Crippen LogP contribution in [0.1, 0.15) is 22.8 Å². The predicted molar refractivity (Wildman–Crippen MR) is 75.8 cm³/mol. The van der Waals surface area contributed by atoms with E-state index in [-0.39, 0.29) is 17.7 Å². The summed E-state index contributed by atoms with van der Waals surface area (Å²) in [7, 11) is 3.28. The quantitative estimate of drug-likeness (QED) is 0.797. The van der Waals surface area contributed by atoms with Crippen molar-refractivity contribution in [2.45, 2.75) is 13.8 Å². The lowest BCUT2D eigenvalue weighted by molar-refractivity contribution is -0.124. The zero-order valence-electron chi connectivity index (χ0n) is 11.9. The summed E-state index contributed by atoms with van der Waals surface area (Å²) in [6.45, 7) is 4.01. The molecule has 0 fully saturated rings. The van der Waals surface area contributed by atoms with Crippen molar-refractivity contribution in [3.05, 3.63) is 29.3 Å². The van der Waals surface area contributed by atoms with E-state index in [2.05, 4.69) is 5.32 Å². The zero-order chi connectivity index (χ0) is 14.6. The predicted octanol–water partition coefficient (Wildman–Crippen LogP) is 1.03. The summed E-state index contributed by atoms with van der Waals surface area (Å²) in [5, 5.41) is 2.57. The Labute approximate surface area is 113 Å². The standard InChI is InChI=1S/C14H21N3O2/c1-9-7-11(15)5-6-12(9)14(19)17(4)8-10(2)13(18)16-3/h5-7,10H,8,15H2,1-4H3,(H,16,18). The number of nitrogens with one attached hydrogen (secondary N) is 1. The van der Waals surface area contributed by atoms with Crippen LogP contribution in [-0.2, 0) is 4.79 Å². The van der Waals surface area contributed by atoms with E-state index in [0.717, 1.165) is 5.56 Å². The molecule has 0 heterocycles. The van der Waals surface area contributed by atoms with Gasteiger partial charge < -0.3 is 16.0 Å². The summed E-state index contributed by atoms with van der Waals surface area (Å²) in [4.78, 5) is 25.3. The van der Waals surface area contributed by atoms with Gasteiger partial charge in [0, 0.05) is 31.9 Å². The smallest absolute Gasteiger partial charge is 0.253 e. The second kappa shape index (κ2) is 6.22. The van der Waals surface area contributed by atoms with E-state index in [1.54, 1.807) is 44.1 Å². The highest BCUT2D eigenvalue weighted by Crippen LogP contribution is 2.15. The Morgan fingerprint density at radius 2 is 2.05 bits per heavy atom. The monoisotopic (exact) mass is 263 g/mol. The number of nitrogens with two attached hydrogens (primary N) is 1. The van der Waals surface area contributed by atoms with Crippen molar-refractivity contribution in [3.63, 3.8) is 0 Å². The normalized spacial score (nSPS) is 11.8. The van der Waals surface area contributed by atoms with E-state index in [1.165, 1.54) is 0 Å². The summed E-state index contributed by atoms with van der Waals surface area (Å²) < 4.78 is 0. The van der Waals surface area contributed by atoms with Crippen LogP contribution in [0.15, 0.2) is 18.2 Å². The lowest BCUT2D eigenvalue weighted by atomic mass is 10.1. The van der Waals surface area contributed by atoms with E-state index >= 15 is 0 Å². The van der Waals surface area contributed by atoms with Crippen LogP contribution in [0.2, 0.25) is 0 Å². The molecule has 1 aromatic rings. The third-order valence-electron chi connectivity index (χ3n) is 3.07. The van der Waals surface area contributed by atoms with Gasteiger partial charge in [-0.2, -0.15) is 0 Å². The molecule has 0 aliphatic carbocycles. The molecule has 0 saturated carbocycles. The Hall–Kier alpha value is -2.04. The van der Waals surface area contributed by atoms with Crippen LogP contribution >= 0.6 is 0 Å². The Morgan fingerprint density at radius 1 is 1.42 bits per heavy atom. The molecule has 0 spiro atoms. The van der Waals surface area contributed by atoms with Crippen molar-refractivity contribution < 1.29 is 9.59 Å². The number of amides is 2. The average molecular weight is 263 g/mol. The van der Waals surface area contributed by atoms with Crippen LogP contribution in [0.25, 0.3) is 0 Å². The van der Waals surface area contributed by atoms with E-state index in [0.29, 0.717) is 17.8 Å². The van der Waals surface area contributed by atoms with Crippen LogP contribution in [-0.4, -0.2) is 37.4 Å². The highest BCUT2D eigenvalue weighted by Gasteiger charge is 2.19. The topological polar surface area (TPSA) is 75.4 Å². The Bertz CT molecular complexity index is 486. The molecule has 19 heavy (non-hydrogen) atoms. The molecule has 0 bridgehead atoms. The largest absolute Gasteiger partial charge is 0.399 e. The minimum atomic E-state index is -0.243. The van der Waals surface area contributed by atoms with Crippen LogP contribution in [0, 0.1) is 12.8 Å². The summed E-state index contributed by atoms with van der Waals surface area (Å²) in [5.41, 5.74) is 7.75. The first kappa shape index (κ1) is 15.0. The molecule has 5 nitrogen and oxygen atoms in total. The summed E-state index contributed by atoms with van der Waals surface area (Å²) in [5.74, 6) is -0.421. The van der Waals surface area contributed by atoms with Gasteiger partial charge in [-0.15, -0.1) is 0 Å². The van der Waals surface area contributed by atoms with Gasteiger partial charge in [0.05, 0.1) is 5.92 Å². The van der Waals surface area contributed by atoms with Gasteiger partial charge >= 0.3 is 0 Å². The van der Waals surface area contributed by atoms with Gasteiger partial charge in [-0.3, -0.25) is 9.59 Å². The fraction of sp³-hybridized carbons (Fsp3) is 0.429. The van der Waals surface area contributed by atoms with Gasteiger partial charge in [0.1, 0.15) is 0 Å². The molecule has 0 saturated heterocycles. The van der Waals surface area contributed by atoms with Crippen molar-refractivity contribution in [2.75, 3.05) is 26.4 Å². The zero-order valence-corrected chi connectivity index (χ0v) is 11.9. The first-order valence-electron chi connectivity index (χ1n) is 6.20. The first-order chi connectivity index (χ1) is 8.86. The second-order valence-corrected chi connectivity index (χ2v) is 4.78. The van der Waals surface area contributed by atoms with Crippen LogP contribution in [0.5, 0.6) is 0 Å². The maximum absolute atomic E-state index is 12.3. The maximum Gasteiger partial charge on any atom is 0.253 e. The van der Waals surface area contributed by atoms with Crippen molar-refractivity contribution >= 4 is 17.5 Å². The Kier molecular flexibility index (Phi) is 4.92. The SMILES string of the molecule is CNC(=O)C(C)CN(C)C(=O)c1ccc(N)cc1C. The third-order valence-corrected chi connectivity index (χ3v) is 3.07. The highest BCUT2D eigenvalue weighted by atomic mass is 16.2. The first-order valence-corrected chi connectivity index (χ1v) is 6.20. The molecule has 104 valence electrons. The number of carbonyl (C=O) groups is 2. The summed E-state index contributed by atoms with van der Waals surface area (Å²) in [6.07, 6.45) is 0. The molecular weight excluding hydrogens is 242 g/mol. The molecule has 0 aliphatic heterocycles. The number of anilines is 1. The lowest BCUT2D eigenvalue weighted by Crippen LogP contribution is -2.37. The number of nitrogen functional groups attached to an aromatic ring is 1. The van der Waals surface area contributed by atoms with Gasteiger partial charge in [0.25, 0.3) is 5.91 Å². The van der Waals surface area contributed by atoms with Crippen molar-refractivity contribution in [2.24, 2.45) is 5.92 Å². The van der Waals surface area contributed by atoms with Gasteiger partial charge in [0.2, 0.25) is 5.91 Å². The number of aryl methyl sites for hydroxylation is 1. The molecule has 0 aliphatic rings. The Balaban J connectivity index is 2.79. The Morgan fingerprint density at radius 3 is 2.58 bits per heavy atom. The van der Waals surface area contributed by atoms with Gasteiger partial charge in [-0.1, -0.05) is 6.92 Å². The van der Waals surface area contributed by atoms with E-state index in [4.69, 9.17) is 5.73 Å². The number of benzene rings is 1. The lowest BCUT2D eigenvalue weighted by Gasteiger charge is -2.21. The van der Waals surface area contributed by atoms with E-state index < -0.39 is 0 Å². The fourth-order valence-corrected chi connectivity index (χ4v) is 1.96. The van der Waals surface area contributed by atoms with Gasteiger partial charge in [-0.25, -0.2) is 0 Å². The number of nitrogens with zero attached hydrogens (tertiary/aromatic N) is 1. The second-order valence-electron chi connectivity index (χ2n) is 4.78. The molecule has 1 unspecified atom stereocenters. The molecule has 0 aromatic heterocycles. The highest BCUT2D eigenvalue weighted by molar-refractivity contribution is 5.96. The van der Waals surface area contributed by atoms with Crippen LogP contribution in [0.4, 0.5) is 5.69 Å². The molecular formula is C14H21N3O2. The van der Waals surface area contributed by atoms with Gasteiger partial charge in [0.15, 0.2) is 0 Å². The molecule has 0 radical (unpaired) electrons. The van der Waals surface area contributed by atoms with Crippen molar-refractivity contribution in [1.29, 1.82) is 0 Å². The number of hydrogen-bond donors (Lipinski definition) is 2. The fourth-order valence-electron chi connectivity index (χ4n) is 1.96. The number of carbonyl (C=O) groups excluding carboxylic acids is 2. The minimum absolute atomic E-state index is 0.0753. The molecule has 5 heteroatoms. The molecule has 1 atom stereocenters. The average Bonchev–Trinajstić information content (AvgIpc) is 2.36. The van der Waals surface area contributed by atoms with Crippen molar-refractivity contribution in [3.8, 4) is 0 Å². The third kappa shape index (κ3) is 3.71.